The van der Waals surface area contributed by atoms with Crippen molar-refractivity contribution in [3.8, 4) is 11.3 Å². The predicted molar refractivity (Wildman–Crippen MR) is 123 cm³/mol. The largest absolute Gasteiger partial charge is 0.455 e. The van der Waals surface area contributed by atoms with Crippen LogP contribution in [-0.4, -0.2) is 4.98 Å². The molecular formula is C27H31N2O+. The lowest BCUT2D eigenvalue weighted by atomic mass is 9.62. The highest BCUT2D eigenvalue weighted by Gasteiger charge is 2.39. The molecule has 30 heavy (non-hydrogen) atoms. The van der Waals surface area contributed by atoms with Crippen LogP contribution >= 0.6 is 0 Å². The first-order valence-electron chi connectivity index (χ1n) is 10.9. The van der Waals surface area contributed by atoms with E-state index in [2.05, 4.69) is 76.3 Å². The maximum atomic E-state index is 6.64. The van der Waals surface area contributed by atoms with Crippen molar-refractivity contribution in [2.45, 2.75) is 65.2 Å². The molecule has 0 bridgehead atoms. The molecule has 0 atom stereocenters. The van der Waals surface area contributed by atoms with E-state index in [0.29, 0.717) is 0 Å². The molecule has 4 aromatic rings. The molecule has 0 aliphatic heterocycles. The van der Waals surface area contributed by atoms with E-state index in [1.807, 2.05) is 18.6 Å². The Kier molecular flexibility index (Phi) is 3.96. The molecule has 0 amide bonds. The minimum atomic E-state index is 0.123. The van der Waals surface area contributed by atoms with Gasteiger partial charge in [-0.15, -0.1) is 0 Å². The molecular weight excluding hydrogens is 368 g/mol. The molecule has 0 fully saturated rings. The summed E-state index contributed by atoms with van der Waals surface area (Å²) in [5.41, 5.74) is 9.95. The summed E-state index contributed by atoms with van der Waals surface area (Å²) in [6, 6.07) is 6.81. The van der Waals surface area contributed by atoms with E-state index in [1.165, 1.54) is 45.9 Å². The summed E-state index contributed by atoms with van der Waals surface area (Å²) in [5, 5.41) is 2.57. The summed E-state index contributed by atoms with van der Waals surface area (Å²) in [4.78, 5) is 4.40. The Labute approximate surface area is 178 Å². The van der Waals surface area contributed by atoms with E-state index in [1.54, 1.807) is 0 Å². The van der Waals surface area contributed by atoms with Crippen LogP contribution in [0, 0.1) is 13.8 Å². The third kappa shape index (κ3) is 2.57. The Morgan fingerprint density at radius 2 is 1.70 bits per heavy atom. The lowest BCUT2D eigenvalue weighted by Gasteiger charge is -2.42. The highest BCUT2D eigenvalue weighted by Crippen LogP contribution is 2.51. The average Bonchev–Trinajstić information content (AvgIpc) is 3.06. The van der Waals surface area contributed by atoms with Gasteiger partial charge < -0.3 is 4.42 Å². The maximum absolute atomic E-state index is 6.64. The molecule has 2 heterocycles. The predicted octanol–water partition coefficient (Wildman–Crippen LogP) is 6.44. The second-order valence-electron chi connectivity index (χ2n) is 10.4. The van der Waals surface area contributed by atoms with Crippen LogP contribution in [0.2, 0.25) is 0 Å². The number of hydrogen-bond donors (Lipinski definition) is 0. The van der Waals surface area contributed by atoms with Gasteiger partial charge in [0.15, 0.2) is 6.20 Å². The van der Waals surface area contributed by atoms with Gasteiger partial charge in [0, 0.05) is 10.8 Å². The normalized spacial score (nSPS) is 17.4. The third-order valence-electron chi connectivity index (χ3n) is 7.30. The van der Waals surface area contributed by atoms with E-state index >= 15 is 0 Å². The fourth-order valence-corrected chi connectivity index (χ4v) is 5.53. The second kappa shape index (κ2) is 6.16. The molecule has 1 aliphatic rings. The van der Waals surface area contributed by atoms with Crippen molar-refractivity contribution in [3.63, 3.8) is 0 Å². The summed E-state index contributed by atoms with van der Waals surface area (Å²) in [7, 11) is 2.07. The molecule has 2 aromatic carbocycles. The highest BCUT2D eigenvalue weighted by molar-refractivity contribution is 6.13. The van der Waals surface area contributed by atoms with Gasteiger partial charge in [-0.3, -0.25) is 4.98 Å². The van der Waals surface area contributed by atoms with Crippen LogP contribution in [0.15, 0.2) is 41.2 Å². The van der Waals surface area contributed by atoms with E-state index in [4.69, 9.17) is 4.42 Å². The van der Waals surface area contributed by atoms with Crippen LogP contribution in [0.25, 0.3) is 33.2 Å². The summed E-state index contributed by atoms with van der Waals surface area (Å²) in [6.45, 7) is 13.9. The standard InChI is InChI=1S/C27H31N2O/c1-16-14-17(2)22-23-20(30-25(22)21(16)19-15-28-12-13-29(19)7)9-8-18-24(23)27(5,6)11-10-26(18,3)4/h8-9,12-15H,10-11H2,1-7H3/q+1. The molecule has 0 radical (unpaired) electrons. The van der Waals surface area contributed by atoms with Crippen LogP contribution in [0.3, 0.4) is 0 Å². The zero-order valence-corrected chi connectivity index (χ0v) is 19.2. The zero-order valence-electron chi connectivity index (χ0n) is 19.2. The number of benzene rings is 2. The summed E-state index contributed by atoms with van der Waals surface area (Å²) >= 11 is 0. The smallest absolute Gasteiger partial charge is 0.234 e. The van der Waals surface area contributed by atoms with Gasteiger partial charge in [-0.25, -0.2) is 0 Å². The van der Waals surface area contributed by atoms with Crippen molar-refractivity contribution in [2.75, 3.05) is 0 Å². The molecule has 0 saturated carbocycles. The molecule has 3 heteroatoms. The molecule has 0 N–H and O–H groups in total. The molecule has 2 aromatic heterocycles. The summed E-state index contributed by atoms with van der Waals surface area (Å²) < 4.78 is 8.77. The second-order valence-corrected chi connectivity index (χ2v) is 10.4. The van der Waals surface area contributed by atoms with Crippen molar-refractivity contribution in [1.29, 1.82) is 0 Å². The topological polar surface area (TPSA) is 29.9 Å². The molecule has 1 aliphatic carbocycles. The minimum Gasteiger partial charge on any atom is -0.455 e. The lowest BCUT2D eigenvalue weighted by Crippen LogP contribution is -2.33. The van der Waals surface area contributed by atoms with Crippen molar-refractivity contribution in [3.05, 3.63) is 59.0 Å². The van der Waals surface area contributed by atoms with E-state index in [0.717, 1.165) is 22.4 Å². The third-order valence-corrected chi connectivity index (χ3v) is 7.30. The van der Waals surface area contributed by atoms with Gasteiger partial charge in [0.1, 0.15) is 18.2 Å². The average molecular weight is 400 g/mol. The van der Waals surface area contributed by atoms with Gasteiger partial charge >= 0.3 is 0 Å². The molecule has 5 rings (SSSR count). The first-order valence-corrected chi connectivity index (χ1v) is 10.9. The quantitative estimate of drug-likeness (QED) is 0.345. The SMILES string of the molecule is Cc1cc(C)c2c(oc3ccc4c(c32)C(C)(C)CCC4(C)C)c1-c1cncc[n+]1C. The minimum absolute atomic E-state index is 0.123. The number of rotatable bonds is 1. The summed E-state index contributed by atoms with van der Waals surface area (Å²) in [6.07, 6.45) is 8.16. The molecule has 0 spiro atoms. The van der Waals surface area contributed by atoms with Crippen LogP contribution < -0.4 is 4.57 Å². The Morgan fingerprint density at radius 1 is 0.967 bits per heavy atom. The van der Waals surface area contributed by atoms with Crippen molar-refractivity contribution < 1.29 is 8.98 Å². The number of fused-ring (bicyclic) bond motifs is 5. The van der Waals surface area contributed by atoms with E-state index in [9.17, 15) is 0 Å². The van der Waals surface area contributed by atoms with Gasteiger partial charge in [-0.2, -0.15) is 4.57 Å². The fraction of sp³-hybridized carbons (Fsp3) is 0.407. The van der Waals surface area contributed by atoms with Gasteiger partial charge in [-0.1, -0.05) is 39.8 Å². The van der Waals surface area contributed by atoms with Gasteiger partial charge in [0.25, 0.3) is 0 Å². The van der Waals surface area contributed by atoms with Crippen molar-refractivity contribution in [1.82, 2.24) is 4.98 Å². The van der Waals surface area contributed by atoms with Crippen molar-refractivity contribution >= 4 is 21.9 Å². The summed E-state index contributed by atoms with van der Waals surface area (Å²) in [5.74, 6) is 0. The monoisotopic (exact) mass is 399 g/mol. The Hall–Kier alpha value is -2.68. The van der Waals surface area contributed by atoms with Crippen LogP contribution in [0.5, 0.6) is 0 Å². The number of aromatic nitrogens is 2. The molecule has 0 saturated heterocycles. The van der Waals surface area contributed by atoms with Gasteiger partial charge in [0.05, 0.1) is 18.0 Å². The number of furan rings is 1. The fourth-order valence-electron chi connectivity index (χ4n) is 5.53. The first kappa shape index (κ1) is 19.3. The molecule has 0 unspecified atom stereocenters. The molecule has 3 nitrogen and oxygen atoms in total. The van der Waals surface area contributed by atoms with E-state index < -0.39 is 0 Å². The maximum Gasteiger partial charge on any atom is 0.234 e. The number of aryl methyl sites for hydroxylation is 3. The Balaban J connectivity index is 1.99. The number of nitrogens with zero attached hydrogens (tertiary/aromatic N) is 2. The Bertz CT molecular complexity index is 1320. The Morgan fingerprint density at radius 3 is 2.43 bits per heavy atom. The van der Waals surface area contributed by atoms with E-state index in [-0.39, 0.29) is 10.8 Å². The first-order chi connectivity index (χ1) is 14.1. The molecule has 154 valence electrons. The van der Waals surface area contributed by atoms with Crippen LogP contribution in [-0.2, 0) is 17.9 Å². The van der Waals surface area contributed by atoms with Crippen molar-refractivity contribution in [2.24, 2.45) is 7.05 Å². The van der Waals surface area contributed by atoms with Crippen LogP contribution in [0.1, 0.15) is 62.8 Å². The number of hydrogen-bond acceptors (Lipinski definition) is 2. The highest BCUT2D eigenvalue weighted by atomic mass is 16.3. The lowest BCUT2D eigenvalue weighted by molar-refractivity contribution is -0.660. The van der Waals surface area contributed by atoms with Gasteiger partial charge in [0.2, 0.25) is 5.69 Å². The van der Waals surface area contributed by atoms with Crippen LogP contribution in [0.4, 0.5) is 0 Å². The zero-order chi connectivity index (χ0) is 21.4. The van der Waals surface area contributed by atoms with Gasteiger partial charge in [-0.05, 0) is 65.8 Å².